The zero-order chi connectivity index (χ0) is 20.3. The van der Waals surface area contributed by atoms with E-state index in [0.717, 1.165) is 5.56 Å². The molecule has 0 bridgehead atoms. The normalized spacial score (nSPS) is 11.2. The topological polar surface area (TPSA) is 90.3 Å². The summed E-state index contributed by atoms with van der Waals surface area (Å²) in [6.45, 7) is 3.56. The minimum atomic E-state index is -3.85. The summed E-state index contributed by atoms with van der Waals surface area (Å²) in [5.74, 6) is -0.613. The maximum absolute atomic E-state index is 12.8. The number of benzene rings is 2. The van der Waals surface area contributed by atoms with Crippen molar-refractivity contribution in [3.63, 3.8) is 0 Å². The number of aryl methyl sites for hydroxylation is 3. The molecule has 3 rings (SSSR count). The van der Waals surface area contributed by atoms with Gasteiger partial charge in [-0.05, 0) is 55.3 Å². The lowest BCUT2D eigenvalue weighted by atomic mass is 10.1. The molecule has 0 fully saturated rings. The third-order valence-electron chi connectivity index (χ3n) is 4.10. The predicted molar refractivity (Wildman–Crippen MR) is 105 cm³/mol. The number of aromatic nitrogens is 2. The van der Waals surface area contributed by atoms with Crippen LogP contribution in [0.15, 0.2) is 59.6 Å². The van der Waals surface area contributed by atoms with Crippen LogP contribution in [0.4, 0.5) is 5.69 Å². The monoisotopic (exact) mass is 399 g/mol. The number of sulfonamides is 1. The van der Waals surface area contributed by atoms with Crippen LogP contribution in [0.1, 0.15) is 27.2 Å². The second-order valence-electron chi connectivity index (χ2n) is 6.51. The van der Waals surface area contributed by atoms with E-state index in [1.54, 1.807) is 61.2 Å². The van der Waals surface area contributed by atoms with E-state index >= 15 is 0 Å². The van der Waals surface area contributed by atoms with Gasteiger partial charge < -0.3 is 4.74 Å². The van der Waals surface area contributed by atoms with Crippen molar-refractivity contribution in [2.45, 2.75) is 25.3 Å². The van der Waals surface area contributed by atoms with Gasteiger partial charge in [0.1, 0.15) is 6.61 Å². The fraction of sp³-hybridized carbons (Fsp3) is 0.200. The Hall–Kier alpha value is -3.13. The van der Waals surface area contributed by atoms with Crippen LogP contribution in [0.25, 0.3) is 0 Å². The first kappa shape index (κ1) is 19.6. The fourth-order valence-electron chi connectivity index (χ4n) is 2.70. The molecule has 2 aromatic carbocycles. The molecule has 0 aliphatic carbocycles. The Kier molecular flexibility index (Phi) is 5.51. The average Bonchev–Trinajstić information content (AvgIpc) is 3.05. The van der Waals surface area contributed by atoms with Crippen molar-refractivity contribution in [1.82, 2.24) is 9.78 Å². The molecule has 0 aliphatic heterocycles. The second-order valence-corrected chi connectivity index (χ2v) is 8.16. The first-order valence-corrected chi connectivity index (χ1v) is 10.1. The molecule has 0 radical (unpaired) electrons. The van der Waals surface area contributed by atoms with E-state index in [0.29, 0.717) is 16.9 Å². The third kappa shape index (κ3) is 4.58. The Balaban J connectivity index is 1.80. The Morgan fingerprint density at radius 3 is 2.61 bits per heavy atom. The summed E-state index contributed by atoms with van der Waals surface area (Å²) in [7, 11) is -2.09. The number of esters is 1. The molecule has 1 heterocycles. The Bertz CT molecular complexity index is 1120. The van der Waals surface area contributed by atoms with Gasteiger partial charge in [-0.25, -0.2) is 13.2 Å². The number of carbonyl (C=O) groups is 1. The highest BCUT2D eigenvalue weighted by molar-refractivity contribution is 7.92. The molecular formula is C20H21N3O4S. The summed E-state index contributed by atoms with van der Waals surface area (Å²) in [6.07, 6.45) is 1.75. The van der Waals surface area contributed by atoms with E-state index in [4.69, 9.17) is 4.74 Å². The molecule has 28 heavy (non-hydrogen) atoms. The number of nitrogens with zero attached hydrogens (tertiary/aromatic N) is 2. The van der Waals surface area contributed by atoms with Gasteiger partial charge in [0.2, 0.25) is 0 Å². The van der Waals surface area contributed by atoms with E-state index in [1.165, 1.54) is 6.07 Å². The molecule has 0 saturated carbocycles. The van der Waals surface area contributed by atoms with Crippen LogP contribution < -0.4 is 4.72 Å². The van der Waals surface area contributed by atoms with Gasteiger partial charge in [0.25, 0.3) is 10.0 Å². The number of carbonyl (C=O) groups excluding carboxylic acids is 1. The smallest absolute Gasteiger partial charge is 0.338 e. The van der Waals surface area contributed by atoms with Crippen LogP contribution in [0.2, 0.25) is 0 Å². The number of nitrogens with one attached hydrogen (secondary N) is 1. The summed E-state index contributed by atoms with van der Waals surface area (Å²) in [5, 5.41) is 4.13. The summed E-state index contributed by atoms with van der Waals surface area (Å²) in [4.78, 5) is 12.4. The van der Waals surface area contributed by atoms with Crippen molar-refractivity contribution < 1.29 is 17.9 Å². The van der Waals surface area contributed by atoms with Crippen LogP contribution in [0.3, 0.4) is 0 Å². The first-order valence-electron chi connectivity index (χ1n) is 8.60. The number of hydrogen-bond acceptors (Lipinski definition) is 5. The Morgan fingerprint density at radius 2 is 1.93 bits per heavy atom. The largest absolute Gasteiger partial charge is 0.456 e. The maximum Gasteiger partial charge on any atom is 0.338 e. The lowest BCUT2D eigenvalue weighted by molar-refractivity contribution is 0.0467. The van der Waals surface area contributed by atoms with Gasteiger partial charge in [0.15, 0.2) is 0 Å². The molecule has 0 saturated heterocycles. The Morgan fingerprint density at radius 1 is 1.14 bits per heavy atom. The number of hydrogen-bond donors (Lipinski definition) is 1. The molecular weight excluding hydrogens is 378 g/mol. The molecule has 146 valence electrons. The van der Waals surface area contributed by atoms with Crippen molar-refractivity contribution in [2.75, 3.05) is 4.72 Å². The quantitative estimate of drug-likeness (QED) is 0.643. The van der Waals surface area contributed by atoms with E-state index in [-0.39, 0.29) is 17.1 Å². The highest BCUT2D eigenvalue weighted by Crippen LogP contribution is 2.22. The first-order chi connectivity index (χ1) is 13.2. The van der Waals surface area contributed by atoms with Gasteiger partial charge >= 0.3 is 5.97 Å². The summed E-state index contributed by atoms with van der Waals surface area (Å²) in [6, 6.07) is 13.2. The zero-order valence-corrected chi connectivity index (χ0v) is 16.7. The van der Waals surface area contributed by atoms with E-state index in [1.807, 2.05) is 13.0 Å². The van der Waals surface area contributed by atoms with Crippen LogP contribution in [-0.4, -0.2) is 24.2 Å². The van der Waals surface area contributed by atoms with Crippen LogP contribution >= 0.6 is 0 Å². The lowest BCUT2D eigenvalue weighted by Gasteiger charge is -2.12. The minimum absolute atomic E-state index is 0.0111. The van der Waals surface area contributed by atoms with Gasteiger partial charge in [0.05, 0.1) is 16.2 Å². The van der Waals surface area contributed by atoms with Crippen LogP contribution in [0, 0.1) is 13.8 Å². The molecule has 0 atom stereocenters. The van der Waals surface area contributed by atoms with Crippen molar-refractivity contribution >= 4 is 21.7 Å². The molecule has 0 spiro atoms. The van der Waals surface area contributed by atoms with Gasteiger partial charge in [-0.15, -0.1) is 0 Å². The number of rotatable bonds is 6. The Labute approximate surface area is 164 Å². The van der Waals surface area contributed by atoms with Gasteiger partial charge in [0, 0.05) is 18.9 Å². The van der Waals surface area contributed by atoms with Crippen molar-refractivity contribution in [3.05, 3.63) is 77.1 Å². The van der Waals surface area contributed by atoms with Gasteiger partial charge in [-0.2, -0.15) is 5.10 Å². The molecule has 0 unspecified atom stereocenters. The van der Waals surface area contributed by atoms with Crippen LogP contribution in [0.5, 0.6) is 0 Å². The molecule has 1 aromatic heterocycles. The fourth-order valence-corrected chi connectivity index (χ4v) is 4.02. The SMILES string of the molecule is Cc1cccc(NS(=O)(=O)c2cc(C(=O)OCc3ccn(C)n3)ccc2C)c1. The second kappa shape index (κ2) is 7.85. The molecule has 0 aliphatic rings. The highest BCUT2D eigenvalue weighted by atomic mass is 32.2. The van der Waals surface area contributed by atoms with Crippen LogP contribution in [-0.2, 0) is 28.4 Å². The number of ether oxygens (including phenoxy) is 1. The summed E-state index contributed by atoms with van der Waals surface area (Å²) in [5.41, 5.74) is 2.69. The molecule has 1 N–H and O–H groups in total. The van der Waals surface area contributed by atoms with Crippen molar-refractivity contribution in [1.29, 1.82) is 0 Å². The summed E-state index contributed by atoms with van der Waals surface area (Å²) >= 11 is 0. The van der Waals surface area contributed by atoms with E-state index < -0.39 is 16.0 Å². The predicted octanol–water partition coefficient (Wildman–Crippen LogP) is 3.19. The summed E-state index contributed by atoms with van der Waals surface area (Å²) < 4.78 is 35.0. The van der Waals surface area contributed by atoms with Gasteiger partial charge in [-0.3, -0.25) is 9.40 Å². The number of anilines is 1. The van der Waals surface area contributed by atoms with Crippen molar-refractivity contribution in [2.24, 2.45) is 7.05 Å². The molecule has 7 nitrogen and oxygen atoms in total. The minimum Gasteiger partial charge on any atom is -0.456 e. The highest BCUT2D eigenvalue weighted by Gasteiger charge is 2.20. The van der Waals surface area contributed by atoms with E-state index in [9.17, 15) is 13.2 Å². The maximum atomic E-state index is 12.8. The molecule has 3 aromatic rings. The average molecular weight is 399 g/mol. The van der Waals surface area contributed by atoms with E-state index in [2.05, 4.69) is 9.82 Å². The third-order valence-corrected chi connectivity index (χ3v) is 5.63. The standard InChI is InChI=1S/C20H21N3O4S/c1-14-5-4-6-17(11-14)22-28(25,26)19-12-16(8-7-15(19)2)20(24)27-13-18-9-10-23(3)21-18/h4-12,22H,13H2,1-3H3. The van der Waals surface area contributed by atoms with Crippen molar-refractivity contribution in [3.8, 4) is 0 Å². The zero-order valence-electron chi connectivity index (χ0n) is 15.8. The lowest BCUT2D eigenvalue weighted by Crippen LogP contribution is -2.16. The molecule has 8 heteroatoms. The van der Waals surface area contributed by atoms with Gasteiger partial charge in [-0.1, -0.05) is 18.2 Å². The molecule has 0 amide bonds.